The Hall–Kier alpha value is -1.93. The van der Waals surface area contributed by atoms with Crippen molar-refractivity contribution >= 4 is 0 Å². The summed E-state index contributed by atoms with van der Waals surface area (Å²) in [5.41, 5.74) is 1.87. The van der Waals surface area contributed by atoms with Gasteiger partial charge in [-0.05, 0) is 44.0 Å². The number of ether oxygens (including phenoxy) is 2. The first-order valence-electron chi connectivity index (χ1n) is 9.84. The summed E-state index contributed by atoms with van der Waals surface area (Å²) in [6, 6.07) is 7.96. The Morgan fingerprint density at radius 2 is 2.00 bits per heavy atom. The maximum Gasteiger partial charge on any atom is 0.118 e. The first-order valence-corrected chi connectivity index (χ1v) is 9.84. The van der Waals surface area contributed by atoms with Crippen LogP contribution in [0.3, 0.4) is 0 Å². The molecule has 0 aliphatic carbocycles. The van der Waals surface area contributed by atoms with Gasteiger partial charge in [-0.15, -0.1) is 0 Å². The molecule has 2 saturated heterocycles. The van der Waals surface area contributed by atoms with Crippen molar-refractivity contribution in [1.29, 1.82) is 0 Å². The van der Waals surface area contributed by atoms with Gasteiger partial charge in [0, 0.05) is 37.2 Å². The molecule has 0 saturated carbocycles. The number of benzene rings is 1. The lowest BCUT2D eigenvalue weighted by Gasteiger charge is -2.49. The number of hydrogen-bond acceptors (Lipinski definition) is 6. The molecule has 2 aromatic rings. The number of aromatic nitrogens is 2. The second kappa shape index (κ2) is 7.48. The van der Waals surface area contributed by atoms with Crippen LogP contribution < -0.4 is 4.74 Å². The fourth-order valence-corrected chi connectivity index (χ4v) is 4.38. The standard InChI is InChI=1S/C21H29N3O4/c1-20(26)14-21(28-13-18(20)25)7-9-24(10-8-21)12-16-11-22-23-19(16)15-3-5-17(27-2)6-4-15/h3-6,11,18,25-26H,7-10,12-14H2,1-2H3,(H,22,23)/t18-,20-/m0/s1. The summed E-state index contributed by atoms with van der Waals surface area (Å²) in [7, 11) is 1.66. The molecule has 0 radical (unpaired) electrons. The van der Waals surface area contributed by atoms with E-state index in [1.165, 1.54) is 0 Å². The minimum absolute atomic E-state index is 0.205. The topological polar surface area (TPSA) is 90.8 Å². The van der Waals surface area contributed by atoms with Crippen LogP contribution in [0.1, 0.15) is 31.7 Å². The smallest absolute Gasteiger partial charge is 0.118 e. The Morgan fingerprint density at radius 3 is 2.64 bits per heavy atom. The van der Waals surface area contributed by atoms with E-state index in [2.05, 4.69) is 15.1 Å². The first-order chi connectivity index (χ1) is 13.4. The molecule has 3 N–H and O–H groups in total. The third-order valence-electron chi connectivity index (χ3n) is 6.20. The summed E-state index contributed by atoms with van der Waals surface area (Å²) in [5, 5.41) is 27.8. The lowest BCUT2D eigenvalue weighted by molar-refractivity contribution is -0.223. The average molecular weight is 387 g/mol. The molecule has 3 heterocycles. The number of nitrogens with one attached hydrogen (secondary N) is 1. The Balaban J connectivity index is 1.40. The highest BCUT2D eigenvalue weighted by molar-refractivity contribution is 5.63. The fourth-order valence-electron chi connectivity index (χ4n) is 4.38. The molecule has 2 aliphatic rings. The molecule has 1 spiro atoms. The molecule has 28 heavy (non-hydrogen) atoms. The normalized spacial score (nSPS) is 27.8. The van der Waals surface area contributed by atoms with Crippen LogP contribution in [-0.2, 0) is 11.3 Å². The van der Waals surface area contributed by atoms with Crippen molar-refractivity contribution in [2.75, 3.05) is 26.8 Å². The number of H-pyrrole nitrogens is 1. The molecule has 1 aromatic heterocycles. The average Bonchev–Trinajstić information content (AvgIpc) is 3.15. The molecule has 1 aromatic carbocycles. The van der Waals surface area contributed by atoms with Crippen molar-refractivity contribution in [2.45, 2.75) is 50.0 Å². The maximum atomic E-state index is 10.5. The number of hydrogen-bond donors (Lipinski definition) is 3. The van der Waals surface area contributed by atoms with Crippen molar-refractivity contribution in [2.24, 2.45) is 0 Å². The molecular formula is C21H29N3O4. The molecule has 2 atom stereocenters. The summed E-state index contributed by atoms with van der Waals surface area (Å²) < 4.78 is 11.2. The minimum atomic E-state index is -1.08. The van der Waals surface area contributed by atoms with E-state index in [-0.39, 0.29) is 12.2 Å². The largest absolute Gasteiger partial charge is 0.497 e. The van der Waals surface area contributed by atoms with Gasteiger partial charge < -0.3 is 19.7 Å². The van der Waals surface area contributed by atoms with E-state index in [0.29, 0.717) is 6.42 Å². The van der Waals surface area contributed by atoms with Crippen LogP contribution >= 0.6 is 0 Å². The fraction of sp³-hybridized carbons (Fsp3) is 0.571. The van der Waals surface area contributed by atoms with Gasteiger partial charge in [0.1, 0.15) is 11.9 Å². The molecule has 0 unspecified atom stereocenters. The van der Waals surface area contributed by atoms with Crippen LogP contribution in [-0.4, -0.2) is 69.4 Å². The molecule has 7 heteroatoms. The van der Waals surface area contributed by atoms with Gasteiger partial charge in [0.25, 0.3) is 0 Å². The predicted molar refractivity (Wildman–Crippen MR) is 105 cm³/mol. The van der Waals surface area contributed by atoms with Crippen molar-refractivity contribution in [3.63, 3.8) is 0 Å². The third-order valence-corrected chi connectivity index (χ3v) is 6.20. The highest BCUT2D eigenvalue weighted by atomic mass is 16.5. The van der Waals surface area contributed by atoms with Crippen LogP contribution in [0, 0.1) is 0 Å². The van der Waals surface area contributed by atoms with Gasteiger partial charge >= 0.3 is 0 Å². The maximum absolute atomic E-state index is 10.5. The van der Waals surface area contributed by atoms with E-state index in [1.54, 1.807) is 14.0 Å². The number of aliphatic hydroxyl groups is 2. The van der Waals surface area contributed by atoms with Gasteiger partial charge in [-0.1, -0.05) is 0 Å². The minimum Gasteiger partial charge on any atom is -0.497 e. The van der Waals surface area contributed by atoms with Crippen LogP contribution in [0.25, 0.3) is 11.3 Å². The van der Waals surface area contributed by atoms with Crippen molar-refractivity contribution < 1.29 is 19.7 Å². The Morgan fingerprint density at radius 1 is 1.29 bits per heavy atom. The van der Waals surface area contributed by atoms with Crippen molar-refractivity contribution in [1.82, 2.24) is 15.1 Å². The Bertz CT molecular complexity index is 794. The molecular weight excluding hydrogens is 358 g/mol. The Kier molecular flexibility index (Phi) is 5.18. The summed E-state index contributed by atoms with van der Waals surface area (Å²) in [6.07, 6.45) is 3.27. The summed E-state index contributed by atoms with van der Waals surface area (Å²) >= 11 is 0. The first kappa shape index (κ1) is 19.4. The molecule has 2 fully saturated rings. The number of aliphatic hydroxyl groups excluding tert-OH is 1. The van der Waals surface area contributed by atoms with Crippen molar-refractivity contribution in [3.05, 3.63) is 36.0 Å². The Labute approximate surface area is 165 Å². The summed E-state index contributed by atoms with van der Waals surface area (Å²) in [5.74, 6) is 0.833. The second-order valence-electron chi connectivity index (χ2n) is 8.32. The van der Waals surface area contributed by atoms with Crippen molar-refractivity contribution in [3.8, 4) is 17.0 Å². The van der Waals surface area contributed by atoms with Gasteiger partial charge in [-0.25, -0.2) is 0 Å². The lowest BCUT2D eigenvalue weighted by Crippen LogP contribution is -2.59. The molecule has 0 amide bonds. The number of nitrogens with zero attached hydrogens (tertiary/aromatic N) is 2. The van der Waals surface area contributed by atoms with E-state index in [9.17, 15) is 10.2 Å². The number of rotatable bonds is 4. The third kappa shape index (κ3) is 3.80. The molecule has 0 bridgehead atoms. The van der Waals surface area contributed by atoms with E-state index >= 15 is 0 Å². The van der Waals surface area contributed by atoms with Crippen LogP contribution in [0.15, 0.2) is 30.5 Å². The van der Waals surface area contributed by atoms with Crippen LogP contribution in [0.4, 0.5) is 0 Å². The predicted octanol–water partition coefficient (Wildman–Crippen LogP) is 1.95. The zero-order valence-electron chi connectivity index (χ0n) is 16.5. The highest BCUT2D eigenvalue weighted by Gasteiger charge is 2.48. The SMILES string of the molecule is COc1ccc(-c2[nH]ncc2CN2CCC3(CC2)C[C@](C)(O)[C@@H](O)CO3)cc1. The molecule has 4 rings (SSSR count). The lowest BCUT2D eigenvalue weighted by atomic mass is 9.76. The monoisotopic (exact) mass is 387 g/mol. The van der Waals surface area contributed by atoms with Gasteiger partial charge in [0.2, 0.25) is 0 Å². The van der Waals surface area contributed by atoms with Gasteiger partial charge in [-0.3, -0.25) is 10.00 Å². The van der Waals surface area contributed by atoms with E-state index in [1.807, 2.05) is 30.5 Å². The second-order valence-corrected chi connectivity index (χ2v) is 8.32. The van der Waals surface area contributed by atoms with Crippen LogP contribution in [0.5, 0.6) is 5.75 Å². The quantitative estimate of drug-likeness (QED) is 0.743. The summed E-state index contributed by atoms with van der Waals surface area (Å²) in [4.78, 5) is 2.40. The van der Waals surface area contributed by atoms with E-state index < -0.39 is 11.7 Å². The molecule has 7 nitrogen and oxygen atoms in total. The van der Waals surface area contributed by atoms with E-state index in [4.69, 9.17) is 9.47 Å². The zero-order valence-corrected chi connectivity index (χ0v) is 16.5. The van der Waals surface area contributed by atoms with Crippen LogP contribution in [0.2, 0.25) is 0 Å². The number of aromatic amines is 1. The molecule has 2 aliphatic heterocycles. The van der Waals surface area contributed by atoms with Gasteiger partial charge in [-0.2, -0.15) is 5.10 Å². The van der Waals surface area contributed by atoms with Gasteiger partial charge in [0.05, 0.1) is 36.8 Å². The summed E-state index contributed by atoms with van der Waals surface area (Å²) in [6.45, 7) is 4.50. The zero-order chi connectivity index (χ0) is 19.8. The van der Waals surface area contributed by atoms with Gasteiger partial charge in [0.15, 0.2) is 0 Å². The number of likely N-dealkylation sites (tertiary alicyclic amines) is 1. The highest BCUT2D eigenvalue weighted by Crippen LogP contribution is 2.40. The molecule has 152 valence electrons. The number of methoxy groups -OCH3 is 1. The van der Waals surface area contributed by atoms with E-state index in [0.717, 1.165) is 55.0 Å². The number of piperidine rings is 1.